The zero-order valence-corrected chi connectivity index (χ0v) is 22.6. The molecule has 0 aliphatic heterocycles. The number of ketones is 1. The summed E-state index contributed by atoms with van der Waals surface area (Å²) in [4.78, 5) is 41.7. The molecule has 2 aromatic heterocycles. The third-order valence-corrected chi connectivity index (χ3v) is 6.54. The molecule has 0 amide bonds. The maximum absolute atomic E-state index is 13.2. The molecular weight excluding hydrogens is 522 g/mol. The van der Waals surface area contributed by atoms with Crippen molar-refractivity contribution in [2.75, 3.05) is 14.2 Å². The number of imidazole rings is 1. The molecule has 10 nitrogen and oxygen atoms in total. The molecule has 39 heavy (non-hydrogen) atoms. The molecule has 2 aromatic carbocycles. The monoisotopic (exact) mass is 549 g/mol. The van der Waals surface area contributed by atoms with Crippen molar-refractivity contribution >= 4 is 29.3 Å². The second-order valence-electron chi connectivity index (χ2n) is 8.81. The summed E-state index contributed by atoms with van der Waals surface area (Å²) in [5.74, 6) is -0.582. The van der Waals surface area contributed by atoms with Crippen LogP contribution in [0.3, 0.4) is 0 Å². The van der Waals surface area contributed by atoms with Crippen LogP contribution in [0.25, 0.3) is 0 Å². The smallest absolute Gasteiger partial charge is 0.360 e. The third-order valence-electron chi connectivity index (χ3n) is 6.24. The van der Waals surface area contributed by atoms with Crippen LogP contribution in [0.2, 0.25) is 5.15 Å². The van der Waals surface area contributed by atoms with Crippen LogP contribution in [-0.2, 0) is 29.0 Å². The van der Waals surface area contributed by atoms with Crippen molar-refractivity contribution in [3.63, 3.8) is 0 Å². The number of ether oxygens (including phenoxy) is 2. The number of aryl methyl sites for hydroxylation is 1. The Hall–Kier alpha value is -4.31. The Morgan fingerprint density at radius 3 is 2.28 bits per heavy atom. The fourth-order valence-corrected chi connectivity index (χ4v) is 4.42. The van der Waals surface area contributed by atoms with Crippen molar-refractivity contribution in [1.82, 2.24) is 24.5 Å². The molecule has 0 bridgehead atoms. The maximum Gasteiger partial charge on any atom is 0.360 e. The number of carbonyl (C=O) groups excluding carboxylic acids is 3. The number of carbonyl (C=O) groups is 3. The van der Waals surface area contributed by atoms with Gasteiger partial charge in [0.1, 0.15) is 5.82 Å². The van der Waals surface area contributed by atoms with Crippen molar-refractivity contribution in [2.24, 2.45) is 0 Å². The fraction of sp³-hybridized carbons (Fsp3) is 0.286. The number of unbranched alkanes of at least 4 members (excludes halogenated alkanes) is 1. The predicted octanol–water partition coefficient (Wildman–Crippen LogP) is 4.37. The Morgan fingerprint density at radius 2 is 1.62 bits per heavy atom. The molecule has 0 saturated heterocycles. The molecule has 0 spiro atoms. The summed E-state index contributed by atoms with van der Waals surface area (Å²) in [5.41, 5.74) is 2.69. The zero-order chi connectivity index (χ0) is 27.9. The second kappa shape index (κ2) is 12.5. The molecule has 202 valence electrons. The van der Waals surface area contributed by atoms with Gasteiger partial charge in [0.2, 0.25) is 0 Å². The summed E-state index contributed by atoms with van der Waals surface area (Å²) < 4.78 is 13.1. The summed E-state index contributed by atoms with van der Waals surface area (Å²) in [6, 6.07) is 13.8. The molecule has 0 unspecified atom stereocenters. The van der Waals surface area contributed by atoms with E-state index in [9.17, 15) is 14.4 Å². The molecule has 11 heteroatoms. The zero-order valence-electron chi connectivity index (χ0n) is 21.9. The minimum Gasteiger partial charge on any atom is -0.465 e. The molecule has 4 aromatic rings. The van der Waals surface area contributed by atoms with Crippen molar-refractivity contribution in [1.29, 1.82) is 0 Å². The van der Waals surface area contributed by atoms with E-state index in [0.29, 0.717) is 17.3 Å². The van der Waals surface area contributed by atoms with Crippen LogP contribution < -0.4 is 0 Å². The minimum atomic E-state index is -0.576. The summed E-state index contributed by atoms with van der Waals surface area (Å²) in [6.07, 6.45) is 4.17. The van der Waals surface area contributed by atoms with Crippen molar-refractivity contribution < 1.29 is 23.9 Å². The van der Waals surface area contributed by atoms with Gasteiger partial charge in [-0.3, -0.25) is 4.79 Å². The minimum absolute atomic E-state index is 0.0972. The highest BCUT2D eigenvalue weighted by atomic mass is 35.5. The summed E-state index contributed by atoms with van der Waals surface area (Å²) in [6.45, 7) is 2.82. The second-order valence-corrected chi connectivity index (χ2v) is 9.17. The Bertz CT molecular complexity index is 1490. The van der Waals surface area contributed by atoms with Gasteiger partial charge >= 0.3 is 11.9 Å². The summed E-state index contributed by atoms with van der Waals surface area (Å²) in [5, 5.41) is 8.23. The number of esters is 2. The largest absolute Gasteiger partial charge is 0.465 e. The molecule has 2 heterocycles. The number of hydrogen-bond donors (Lipinski definition) is 0. The summed E-state index contributed by atoms with van der Waals surface area (Å²) in [7, 11) is 2.56. The third kappa shape index (κ3) is 6.23. The van der Waals surface area contributed by atoms with E-state index in [1.807, 2.05) is 16.7 Å². The lowest BCUT2D eigenvalue weighted by Gasteiger charge is -2.13. The maximum atomic E-state index is 13.2. The highest BCUT2D eigenvalue weighted by Crippen LogP contribution is 2.23. The quantitative estimate of drug-likeness (QED) is 0.200. The number of hydrogen-bond acceptors (Lipinski definition) is 8. The average Bonchev–Trinajstić information content (AvgIpc) is 3.55. The first kappa shape index (κ1) is 27.7. The van der Waals surface area contributed by atoms with Gasteiger partial charge in [0.25, 0.3) is 0 Å². The molecule has 0 saturated carbocycles. The molecule has 0 aliphatic rings. The van der Waals surface area contributed by atoms with Crippen molar-refractivity contribution in [3.8, 4) is 0 Å². The van der Waals surface area contributed by atoms with E-state index in [1.54, 1.807) is 36.4 Å². The standard InChI is InChI=1S/C28H28ClN5O5/c1-4-5-10-24-30-26(29)23(17-33-16-22(31-32-33)28(37)39-3)34(24)15-18-11-13-19(14-12-18)25(35)20-8-6-7-9-21(20)27(36)38-2/h6-9,11-14,16H,4-5,10,15,17H2,1-3H3. The Balaban J connectivity index is 1.60. The first-order valence-electron chi connectivity index (χ1n) is 12.4. The van der Waals surface area contributed by atoms with E-state index in [1.165, 1.54) is 25.1 Å². The van der Waals surface area contributed by atoms with Crippen LogP contribution in [-0.4, -0.2) is 56.5 Å². The van der Waals surface area contributed by atoms with Gasteiger partial charge in [-0.25, -0.2) is 19.3 Å². The van der Waals surface area contributed by atoms with E-state index in [2.05, 4.69) is 22.2 Å². The lowest BCUT2D eigenvalue weighted by Crippen LogP contribution is -2.13. The molecule has 0 radical (unpaired) electrons. The highest BCUT2D eigenvalue weighted by Gasteiger charge is 2.20. The fourth-order valence-electron chi connectivity index (χ4n) is 4.16. The van der Waals surface area contributed by atoms with Gasteiger partial charge < -0.3 is 14.0 Å². The van der Waals surface area contributed by atoms with Gasteiger partial charge in [-0.1, -0.05) is 72.6 Å². The van der Waals surface area contributed by atoms with Gasteiger partial charge in [-0.15, -0.1) is 5.10 Å². The number of aromatic nitrogens is 5. The molecule has 0 fully saturated rings. The molecular formula is C28H28ClN5O5. The highest BCUT2D eigenvalue weighted by molar-refractivity contribution is 6.30. The SMILES string of the molecule is CCCCc1nc(Cl)c(Cn2cc(C(=O)OC)nn2)n1Cc1ccc(C(=O)c2ccccc2C(=O)OC)cc1. The molecule has 0 aliphatic carbocycles. The van der Waals surface area contributed by atoms with Crippen LogP contribution in [0.5, 0.6) is 0 Å². The van der Waals surface area contributed by atoms with E-state index in [0.717, 1.165) is 36.3 Å². The Kier molecular flexibility index (Phi) is 8.88. The van der Waals surface area contributed by atoms with Crippen LogP contribution in [0.15, 0.2) is 54.7 Å². The number of nitrogens with zero attached hydrogens (tertiary/aromatic N) is 5. The Morgan fingerprint density at radius 1 is 0.923 bits per heavy atom. The first-order valence-corrected chi connectivity index (χ1v) is 12.8. The molecule has 0 atom stereocenters. The number of rotatable bonds is 11. The van der Waals surface area contributed by atoms with Gasteiger partial charge in [0.05, 0.1) is 38.2 Å². The van der Waals surface area contributed by atoms with E-state index in [-0.39, 0.29) is 29.1 Å². The van der Waals surface area contributed by atoms with Crippen molar-refractivity contribution in [3.05, 3.63) is 99.3 Å². The van der Waals surface area contributed by atoms with Crippen LogP contribution in [0.1, 0.15) is 73.6 Å². The van der Waals surface area contributed by atoms with Gasteiger partial charge in [-0.05, 0) is 18.1 Å². The van der Waals surface area contributed by atoms with Crippen LogP contribution >= 0.6 is 11.6 Å². The predicted molar refractivity (Wildman–Crippen MR) is 143 cm³/mol. The van der Waals surface area contributed by atoms with Gasteiger partial charge in [-0.2, -0.15) is 0 Å². The molecule has 0 N–H and O–H groups in total. The van der Waals surface area contributed by atoms with Crippen molar-refractivity contribution in [2.45, 2.75) is 39.3 Å². The normalized spacial score (nSPS) is 10.9. The van der Waals surface area contributed by atoms with Crippen LogP contribution in [0, 0.1) is 0 Å². The van der Waals surface area contributed by atoms with Crippen LogP contribution in [0.4, 0.5) is 0 Å². The first-order chi connectivity index (χ1) is 18.9. The van der Waals surface area contributed by atoms with Gasteiger partial charge in [0, 0.05) is 24.1 Å². The number of methoxy groups -OCH3 is 2. The molecule has 4 rings (SSSR count). The van der Waals surface area contributed by atoms with E-state index >= 15 is 0 Å². The number of halogens is 1. The van der Waals surface area contributed by atoms with E-state index < -0.39 is 11.9 Å². The lowest BCUT2D eigenvalue weighted by atomic mass is 9.97. The Labute approximate surface area is 230 Å². The number of benzene rings is 2. The topological polar surface area (TPSA) is 118 Å². The lowest BCUT2D eigenvalue weighted by molar-refractivity contribution is 0.0587. The van der Waals surface area contributed by atoms with Gasteiger partial charge in [0.15, 0.2) is 16.6 Å². The van der Waals surface area contributed by atoms with E-state index in [4.69, 9.17) is 21.1 Å². The average molecular weight is 550 g/mol. The summed E-state index contributed by atoms with van der Waals surface area (Å²) >= 11 is 6.56.